The lowest BCUT2D eigenvalue weighted by molar-refractivity contribution is 0.0894. The number of nitrogens with zero attached hydrogens (tertiary/aromatic N) is 3. The molecular formula is C30H25N3O3. The number of anilines is 1. The van der Waals surface area contributed by atoms with Crippen molar-refractivity contribution >= 4 is 23.5 Å². The molecule has 0 aliphatic heterocycles. The standard InChI is InChI=1S/C30H25N3O3/c1-19-10-6-8-14-23(19)28(35)33(29(36)24-15-9-7-11-20(24)2)30-31-18-25-26(32-30)16-22(17-27(25)34)21-12-4-3-5-13-21/h3-15,18,22H,16-17H2,1-2H3/t22-/m1/s1. The van der Waals surface area contributed by atoms with Crippen LogP contribution in [0.1, 0.15) is 65.8 Å². The molecule has 4 aromatic rings. The van der Waals surface area contributed by atoms with Gasteiger partial charge in [0.1, 0.15) is 0 Å². The summed E-state index contributed by atoms with van der Waals surface area (Å²) < 4.78 is 0. The van der Waals surface area contributed by atoms with Crippen molar-refractivity contribution < 1.29 is 14.4 Å². The number of aryl methyl sites for hydroxylation is 2. The number of hydrogen-bond donors (Lipinski definition) is 0. The number of carbonyl (C=O) groups excluding carboxylic acids is 3. The van der Waals surface area contributed by atoms with Gasteiger partial charge in [0, 0.05) is 23.7 Å². The highest BCUT2D eigenvalue weighted by Crippen LogP contribution is 2.32. The molecule has 1 aromatic heterocycles. The lowest BCUT2D eigenvalue weighted by atomic mass is 9.82. The fourth-order valence-corrected chi connectivity index (χ4v) is 4.64. The molecule has 0 unspecified atom stereocenters. The molecule has 0 radical (unpaired) electrons. The summed E-state index contributed by atoms with van der Waals surface area (Å²) in [5.41, 5.74) is 4.30. The fraction of sp³-hybridized carbons (Fsp3) is 0.167. The Morgan fingerprint density at radius 1 is 0.778 bits per heavy atom. The summed E-state index contributed by atoms with van der Waals surface area (Å²) in [6, 6.07) is 24.0. The maximum atomic E-state index is 13.8. The van der Waals surface area contributed by atoms with Gasteiger partial charge in [0.2, 0.25) is 5.95 Å². The lowest BCUT2D eigenvalue weighted by Crippen LogP contribution is -2.39. The van der Waals surface area contributed by atoms with Crippen LogP contribution in [0.2, 0.25) is 0 Å². The SMILES string of the molecule is Cc1ccccc1C(=O)N(C(=O)c1ccccc1C)c1ncc2c(n1)C[C@@H](c1ccccc1)CC2=O. The van der Waals surface area contributed by atoms with E-state index in [4.69, 9.17) is 0 Å². The third-order valence-electron chi connectivity index (χ3n) is 6.66. The van der Waals surface area contributed by atoms with Gasteiger partial charge in [0.25, 0.3) is 11.8 Å². The van der Waals surface area contributed by atoms with Crippen LogP contribution in [0.15, 0.2) is 85.1 Å². The van der Waals surface area contributed by atoms with Crippen LogP contribution in [0.4, 0.5) is 5.95 Å². The van der Waals surface area contributed by atoms with Gasteiger partial charge in [0.15, 0.2) is 5.78 Å². The highest BCUT2D eigenvalue weighted by molar-refractivity contribution is 6.25. The molecule has 178 valence electrons. The monoisotopic (exact) mass is 475 g/mol. The van der Waals surface area contributed by atoms with Gasteiger partial charge < -0.3 is 0 Å². The predicted molar refractivity (Wildman–Crippen MR) is 137 cm³/mol. The van der Waals surface area contributed by atoms with Crippen LogP contribution >= 0.6 is 0 Å². The zero-order valence-electron chi connectivity index (χ0n) is 20.1. The quantitative estimate of drug-likeness (QED) is 0.365. The summed E-state index contributed by atoms with van der Waals surface area (Å²) in [4.78, 5) is 50.5. The van der Waals surface area contributed by atoms with E-state index in [2.05, 4.69) is 9.97 Å². The molecule has 6 nitrogen and oxygen atoms in total. The number of carbonyl (C=O) groups is 3. The number of aromatic nitrogens is 2. The number of amides is 2. The summed E-state index contributed by atoms with van der Waals surface area (Å²) in [6.45, 7) is 3.64. The molecule has 2 amide bonds. The van der Waals surface area contributed by atoms with Crippen molar-refractivity contribution in [3.8, 4) is 0 Å². The number of imide groups is 1. The summed E-state index contributed by atoms with van der Waals surface area (Å²) in [5, 5.41) is 0. The van der Waals surface area contributed by atoms with E-state index in [0.29, 0.717) is 35.2 Å². The van der Waals surface area contributed by atoms with Gasteiger partial charge in [-0.2, -0.15) is 0 Å². The Kier molecular flexibility index (Phi) is 6.25. The number of fused-ring (bicyclic) bond motifs is 1. The second kappa shape index (κ2) is 9.66. The van der Waals surface area contributed by atoms with Crippen LogP contribution in [-0.4, -0.2) is 27.6 Å². The highest BCUT2D eigenvalue weighted by atomic mass is 16.2. The largest absolute Gasteiger partial charge is 0.294 e. The van der Waals surface area contributed by atoms with Gasteiger partial charge in [-0.15, -0.1) is 0 Å². The van der Waals surface area contributed by atoms with Gasteiger partial charge in [-0.25, -0.2) is 14.9 Å². The third-order valence-corrected chi connectivity index (χ3v) is 6.66. The number of hydrogen-bond acceptors (Lipinski definition) is 5. The van der Waals surface area contributed by atoms with Crippen molar-refractivity contribution in [2.45, 2.75) is 32.6 Å². The second-order valence-electron chi connectivity index (χ2n) is 9.04. The Morgan fingerprint density at radius 3 is 1.92 bits per heavy atom. The fourth-order valence-electron chi connectivity index (χ4n) is 4.64. The van der Waals surface area contributed by atoms with Crippen molar-refractivity contribution in [1.82, 2.24) is 9.97 Å². The van der Waals surface area contributed by atoms with Crippen LogP contribution in [-0.2, 0) is 6.42 Å². The molecule has 0 spiro atoms. The van der Waals surface area contributed by atoms with E-state index >= 15 is 0 Å². The molecule has 0 saturated carbocycles. The first kappa shape index (κ1) is 23.3. The van der Waals surface area contributed by atoms with Crippen LogP contribution < -0.4 is 4.90 Å². The first-order valence-corrected chi connectivity index (χ1v) is 11.9. The molecule has 36 heavy (non-hydrogen) atoms. The van der Waals surface area contributed by atoms with E-state index in [9.17, 15) is 14.4 Å². The molecule has 0 N–H and O–H groups in total. The molecule has 0 fully saturated rings. The van der Waals surface area contributed by atoms with Crippen LogP contribution in [0.25, 0.3) is 0 Å². The summed E-state index contributed by atoms with van der Waals surface area (Å²) in [5.74, 6) is -1.12. The van der Waals surface area contributed by atoms with Gasteiger partial charge in [-0.1, -0.05) is 66.7 Å². The molecule has 0 bridgehead atoms. The van der Waals surface area contributed by atoms with E-state index < -0.39 is 11.8 Å². The van der Waals surface area contributed by atoms with Crippen LogP contribution in [0.5, 0.6) is 0 Å². The van der Waals surface area contributed by atoms with E-state index in [-0.39, 0.29) is 17.6 Å². The normalized spacial score (nSPS) is 14.7. The van der Waals surface area contributed by atoms with Crippen LogP contribution in [0, 0.1) is 13.8 Å². The Morgan fingerprint density at radius 2 is 1.33 bits per heavy atom. The number of benzene rings is 3. The first-order chi connectivity index (χ1) is 17.4. The number of Topliss-reactive ketones (excluding diaryl/α,β-unsaturated/α-hetero) is 1. The topological polar surface area (TPSA) is 80.2 Å². The van der Waals surface area contributed by atoms with Crippen molar-refractivity contribution in [1.29, 1.82) is 0 Å². The second-order valence-corrected chi connectivity index (χ2v) is 9.04. The van der Waals surface area contributed by atoms with E-state index in [1.54, 1.807) is 24.3 Å². The first-order valence-electron chi connectivity index (χ1n) is 11.9. The minimum atomic E-state index is -0.511. The predicted octanol–water partition coefficient (Wildman–Crippen LogP) is 5.49. The van der Waals surface area contributed by atoms with Crippen molar-refractivity contribution in [2.75, 3.05) is 4.90 Å². The van der Waals surface area contributed by atoms with Crippen LogP contribution in [0.3, 0.4) is 0 Å². The molecule has 1 aliphatic carbocycles. The Balaban J connectivity index is 1.60. The number of ketones is 1. The Bertz CT molecular complexity index is 1420. The molecule has 0 saturated heterocycles. The smallest absolute Gasteiger partial charge is 0.268 e. The molecule has 1 heterocycles. The van der Waals surface area contributed by atoms with Crippen molar-refractivity contribution in [3.63, 3.8) is 0 Å². The minimum Gasteiger partial charge on any atom is -0.294 e. The zero-order valence-corrected chi connectivity index (χ0v) is 20.1. The molecule has 1 aliphatic rings. The number of rotatable bonds is 4. The van der Waals surface area contributed by atoms with Gasteiger partial charge in [-0.3, -0.25) is 14.4 Å². The molecule has 5 rings (SSSR count). The van der Waals surface area contributed by atoms with Gasteiger partial charge in [0.05, 0.1) is 11.3 Å². The molecule has 1 atom stereocenters. The molecule has 6 heteroatoms. The highest BCUT2D eigenvalue weighted by Gasteiger charge is 2.33. The maximum absolute atomic E-state index is 13.8. The van der Waals surface area contributed by atoms with E-state index in [1.807, 2.05) is 68.4 Å². The lowest BCUT2D eigenvalue weighted by Gasteiger charge is -2.25. The summed E-state index contributed by atoms with van der Waals surface area (Å²) >= 11 is 0. The molecular weight excluding hydrogens is 450 g/mol. The third kappa shape index (κ3) is 4.33. The van der Waals surface area contributed by atoms with E-state index in [1.165, 1.54) is 6.20 Å². The summed E-state index contributed by atoms with van der Waals surface area (Å²) in [7, 11) is 0. The molecule has 3 aromatic carbocycles. The average Bonchev–Trinajstić information content (AvgIpc) is 2.89. The average molecular weight is 476 g/mol. The van der Waals surface area contributed by atoms with Gasteiger partial charge in [-0.05, 0) is 55.0 Å². The zero-order chi connectivity index (χ0) is 25.2. The maximum Gasteiger partial charge on any atom is 0.268 e. The van der Waals surface area contributed by atoms with Gasteiger partial charge >= 0.3 is 0 Å². The van der Waals surface area contributed by atoms with Crippen molar-refractivity contribution in [2.24, 2.45) is 0 Å². The minimum absolute atomic E-state index is 0.0264. The van der Waals surface area contributed by atoms with E-state index in [0.717, 1.165) is 21.6 Å². The van der Waals surface area contributed by atoms with Crippen molar-refractivity contribution in [3.05, 3.63) is 124 Å². The Hall–Kier alpha value is -4.45. The summed E-state index contributed by atoms with van der Waals surface area (Å²) in [6.07, 6.45) is 2.34. The Labute approximate surface area is 209 Å².